The Kier molecular flexibility index (Phi) is 5.43. The summed E-state index contributed by atoms with van der Waals surface area (Å²) in [5, 5.41) is 7.86. The van der Waals surface area contributed by atoms with Gasteiger partial charge in [0.25, 0.3) is 5.89 Å². The van der Waals surface area contributed by atoms with Crippen molar-refractivity contribution in [1.29, 1.82) is 0 Å². The van der Waals surface area contributed by atoms with E-state index in [1.165, 1.54) is 13.2 Å². The summed E-state index contributed by atoms with van der Waals surface area (Å²) in [6, 6.07) is 11.9. The van der Waals surface area contributed by atoms with Crippen LogP contribution in [-0.4, -0.2) is 32.8 Å². The number of benzene rings is 2. The zero-order valence-corrected chi connectivity index (χ0v) is 15.9. The lowest BCUT2D eigenvalue weighted by molar-refractivity contribution is 0.413. The molecule has 0 amide bonds. The largest absolute Gasteiger partial charge is 0.497 e. The predicted octanol–water partition coefficient (Wildman–Crippen LogP) is 2.54. The summed E-state index contributed by atoms with van der Waals surface area (Å²) in [6.45, 7) is 1.57. The normalized spacial score (nSPS) is 11.4. The van der Waals surface area contributed by atoms with Crippen LogP contribution in [0, 0.1) is 6.92 Å². The minimum absolute atomic E-state index is 0.129. The van der Waals surface area contributed by atoms with Gasteiger partial charge in [0.15, 0.2) is 0 Å². The Balaban J connectivity index is 1.76. The van der Waals surface area contributed by atoms with Crippen molar-refractivity contribution >= 4 is 10.0 Å². The average molecular weight is 389 g/mol. The van der Waals surface area contributed by atoms with E-state index in [9.17, 15) is 8.42 Å². The molecule has 3 aromatic rings. The van der Waals surface area contributed by atoms with E-state index < -0.39 is 10.0 Å². The number of rotatable bonds is 7. The molecule has 0 aliphatic rings. The quantitative estimate of drug-likeness (QED) is 0.662. The molecule has 0 bridgehead atoms. The number of para-hydroxylation sites is 1. The number of sulfonamides is 1. The first-order valence-corrected chi connectivity index (χ1v) is 9.53. The number of methoxy groups -OCH3 is 2. The Hall–Kier alpha value is -2.91. The van der Waals surface area contributed by atoms with Crippen LogP contribution in [0.15, 0.2) is 51.8 Å². The molecule has 0 unspecified atom stereocenters. The van der Waals surface area contributed by atoms with Gasteiger partial charge in [-0.1, -0.05) is 12.1 Å². The molecule has 0 aliphatic heterocycles. The SMILES string of the molecule is COc1ccc(S(=O)(=O)NCc2nnc(-c3ccccc3OC)o2)c(C)c1. The van der Waals surface area contributed by atoms with Crippen LogP contribution >= 0.6 is 0 Å². The molecule has 0 spiro atoms. The van der Waals surface area contributed by atoms with E-state index in [-0.39, 0.29) is 23.2 Å². The maximum absolute atomic E-state index is 12.5. The summed E-state index contributed by atoms with van der Waals surface area (Å²) < 4.78 is 43.5. The third kappa shape index (κ3) is 4.09. The van der Waals surface area contributed by atoms with Gasteiger partial charge in [-0.2, -0.15) is 0 Å². The van der Waals surface area contributed by atoms with E-state index in [1.807, 2.05) is 12.1 Å². The molecule has 2 aromatic carbocycles. The van der Waals surface area contributed by atoms with Gasteiger partial charge in [-0.15, -0.1) is 10.2 Å². The molecule has 3 rings (SSSR count). The standard InChI is InChI=1S/C18H19N3O5S/c1-12-10-13(24-2)8-9-16(12)27(22,23)19-11-17-20-21-18(26-17)14-6-4-5-7-15(14)25-3/h4-10,19H,11H2,1-3H3. The monoisotopic (exact) mass is 389 g/mol. The smallest absolute Gasteiger partial charge is 0.251 e. The van der Waals surface area contributed by atoms with Crippen LogP contribution in [0.4, 0.5) is 0 Å². The first-order valence-electron chi connectivity index (χ1n) is 8.04. The Bertz CT molecular complexity index is 1050. The van der Waals surface area contributed by atoms with Crippen LogP contribution in [-0.2, 0) is 16.6 Å². The van der Waals surface area contributed by atoms with Gasteiger partial charge >= 0.3 is 0 Å². The number of nitrogens with zero attached hydrogens (tertiary/aromatic N) is 2. The minimum atomic E-state index is -3.74. The van der Waals surface area contributed by atoms with Crippen molar-refractivity contribution in [2.45, 2.75) is 18.4 Å². The number of hydrogen-bond acceptors (Lipinski definition) is 7. The van der Waals surface area contributed by atoms with Gasteiger partial charge in [-0.25, -0.2) is 13.1 Å². The summed E-state index contributed by atoms with van der Waals surface area (Å²) in [5.41, 5.74) is 1.20. The van der Waals surface area contributed by atoms with Gasteiger partial charge in [-0.3, -0.25) is 0 Å². The molecule has 142 valence electrons. The summed E-state index contributed by atoms with van der Waals surface area (Å²) in [7, 11) is -0.673. The number of hydrogen-bond donors (Lipinski definition) is 1. The highest BCUT2D eigenvalue weighted by atomic mass is 32.2. The van der Waals surface area contributed by atoms with Gasteiger partial charge < -0.3 is 13.9 Å². The molecule has 27 heavy (non-hydrogen) atoms. The molecule has 8 nitrogen and oxygen atoms in total. The highest BCUT2D eigenvalue weighted by Gasteiger charge is 2.19. The zero-order valence-electron chi connectivity index (χ0n) is 15.1. The Morgan fingerprint density at radius 3 is 2.56 bits per heavy atom. The molecule has 1 aromatic heterocycles. The van der Waals surface area contributed by atoms with Crippen molar-refractivity contribution in [1.82, 2.24) is 14.9 Å². The first-order chi connectivity index (χ1) is 12.9. The van der Waals surface area contributed by atoms with Gasteiger partial charge in [0, 0.05) is 0 Å². The fraction of sp³-hybridized carbons (Fsp3) is 0.222. The van der Waals surface area contributed by atoms with Crippen LogP contribution in [0.5, 0.6) is 11.5 Å². The fourth-order valence-corrected chi connectivity index (χ4v) is 3.74. The minimum Gasteiger partial charge on any atom is -0.497 e. The third-order valence-corrected chi connectivity index (χ3v) is 5.45. The van der Waals surface area contributed by atoms with Crippen LogP contribution in [0.1, 0.15) is 11.5 Å². The van der Waals surface area contributed by atoms with Gasteiger partial charge in [0.05, 0.1) is 31.2 Å². The molecule has 0 fully saturated rings. The number of aryl methyl sites for hydroxylation is 1. The van der Waals surface area contributed by atoms with E-state index in [0.29, 0.717) is 22.6 Å². The topological polar surface area (TPSA) is 104 Å². The maximum atomic E-state index is 12.5. The van der Waals surface area contributed by atoms with E-state index in [2.05, 4.69) is 14.9 Å². The third-order valence-electron chi connectivity index (χ3n) is 3.89. The van der Waals surface area contributed by atoms with Crippen molar-refractivity contribution < 1.29 is 22.3 Å². The molecule has 1 heterocycles. The summed E-state index contributed by atoms with van der Waals surface area (Å²) >= 11 is 0. The number of ether oxygens (including phenoxy) is 2. The maximum Gasteiger partial charge on any atom is 0.251 e. The summed E-state index contributed by atoms with van der Waals surface area (Å²) in [6.07, 6.45) is 0. The molecule has 0 saturated carbocycles. The van der Waals surface area contributed by atoms with E-state index >= 15 is 0 Å². The molecular weight excluding hydrogens is 370 g/mol. The lowest BCUT2D eigenvalue weighted by Gasteiger charge is -2.09. The van der Waals surface area contributed by atoms with Crippen LogP contribution in [0.3, 0.4) is 0 Å². The van der Waals surface area contributed by atoms with E-state index in [0.717, 1.165) is 0 Å². The Morgan fingerprint density at radius 1 is 1.07 bits per heavy atom. The van der Waals surface area contributed by atoms with Crippen molar-refractivity contribution in [3.8, 4) is 23.0 Å². The van der Waals surface area contributed by atoms with Crippen LogP contribution in [0.25, 0.3) is 11.5 Å². The summed E-state index contributed by atoms with van der Waals surface area (Å²) in [4.78, 5) is 0.160. The van der Waals surface area contributed by atoms with Crippen molar-refractivity contribution in [3.63, 3.8) is 0 Å². The molecule has 1 N–H and O–H groups in total. The molecule has 0 radical (unpaired) electrons. The first kappa shape index (κ1) is 18.9. The van der Waals surface area contributed by atoms with Crippen LogP contribution < -0.4 is 14.2 Å². The highest BCUT2D eigenvalue weighted by molar-refractivity contribution is 7.89. The van der Waals surface area contributed by atoms with Gasteiger partial charge in [0.1, 0.15) is 11.5 Å². The second-order valence-electron chi connectivity index (χ2n) is 5.66. The second-order valence-corrected chi connectivity index (χ2v) is 7.39. The average Bonchev–Trinajstić information content (AvgIpc) is 3.15. The van der Waals surface area contributed by atoms with Crippen LogP contribution in [0.2, 0.25) is 0 Å². The molecule has 0 atom stereocenters. The predicted molar refractivity (Wildman–Crippen MR) is 98.0 cm³/mol. The lowest BCUT2D eigenvalue weighted by Crippen LogP contribution is -2.24. The number of aromatic nitrogens is 2. The fourth-order valence-electron chi connectivity index (χ4n) is 2.54. The van der Waals surface area contributed by atoms with Crippen molar-refractivity contribution in [3.05, 3.63) is 53.9 Å². The van der Waals surface area contributed by atoms with E-state index in [1.54, 1.807) is 38.3 Å². The highest BCUT2D eigenvalue weighted by Crippen LogP contribution is 2.28. The van der Waals surface area contributed by atoms with Gasteiger partial charge in [0.2, 0.25) is 15.9 Å². The second kappa shape index (κ2) is 7.77. The zero-order chi connectivity index (χ0) is 19.4. The summed E-state index contributed by atoms with van der Waals surface area (Å²) in [5.74, 6) is 1.57. The number of nitrogens with one attached hydrogen (secondary N) is 1. The molecule has 0 saturated heterocycles. The van der Waals surface area contributed by atoms with Crippen molar-refractivity contribution in [2.24, 2.45) is 0 Å². The van der Waals surface area contributed by atoms with Crippen molar-refractivity contribution in [2.75, 3.05) is 14.2 Å². The molecular formula is C18H19N3O5S. The lowest BCUT2D eigenvalue weighted by atomic mass is 10.2. The molecule has 0 aliphatic carbocycles. The Morgan fingerprint density at radius 2 is 1.85 bits per heavy atom. The van der Waals surface area contributed by atoms with Gasteiger partial charge in [-0.05, 0) is 42.8 Å². The Labute approximate surface area is 157 Å². The van der Waals surface area contributed by atoms with E-state index in [4.69, 9.17) is 13.9 Å². The molecule has 9 heteroatoms.